The molecule has 1 aliphatic rings. The topological polar surface area (TPSA) is 66.2 Å². The summed E-state index contributed by atoms with van der Waals surface area (Å²) in [6.07, 6.45) is 4.05. The number of phenols is 1. The molecule has 6 nitrogen and oxygen atoms in total. The molecule has 1 aromatic heterocycles. The van der Waals surface area contributed by atoms with Crippen LogP contribution < -0.4 is 15.1 Å². The van der Waals surface area contributed by atoms with Gasteiger partial charge in [-0.05, 0) is 44.0 Å². The molecule has 0 bridgehead atoms. The van der Waals surface area contributed by atoms with Crippen LogP contribution in [0.15, 0.2) is 45.8 Å². The number of rotatable bonds is 7. The fourth-order valence-corrected chi connectivity index (χ4v) is 4.54. The summed E-state index contributed by atoms with van der Waals surface area (Å²) in [6, 6.07) is 8.69. The lowest BCUT2D eigenvalue weighted by atomic mass is 10.1. The quantitative estimate of drug-likeness (QED) is 0.486. The summed E-state index contributed by atoms with van der Waals surface area (Å²) in [4.78, 5) is 17.5. The zero-order valence-electron chi connectivity index (χ0n) is 17.9. The van der Waals surface area contributed by atoms with Gasteiger partial charge in [0.1, 0.15) is 5.58 Å². The van der Waals surface area contributed by atoms with Crippen molar-refractivity contribution in [1.29, 1.82) is 0 Å². The molecule has 0 atom stereocenters. The lowest BCUT2D eigenvalue weighted by molar-refractivity contribution is 0.253. The average Bonchev–Trinajstić information content (AvgIpc) is 2.80. The van der Waals surface area contributed by atoms with E-state index in [2.05, 4.69) is 9.80 Å². The fourth-order valence-electron chi connectivity index (χ4n) is 4.12. The van der Waals surface area contributed by atoms with Crippen LogP contribution in [0.1, 0.15) is 18.4 Å². The molecule has 0 unspecified atom stereocenters. The maximum atomic E-state index is 12.8. The van der Waals surface area contributed by atoms with E-state index < -0.39 is 0 Å². The molecular formula is C24H26Cl2N2O4. The smallest absolute Gasteiger partial charge is 0.195 e. The van der Waals surface area contributed by atoms with Crippen LogP contribution in [0.5, 0.6) is 11.5 Å². The van der Waals surface area contributed by atoms with Crippen molar-refractivity contribution in [2.24, 2.45) is 0 Å². The number of aromatic hydroxyl groups is 1. The third-order valence-electron chi connectivity index (χ3n) is 5.96. The molecule has 32 heavy (non-hydrogen) atoms. The molecule has 2 heterocycles. The first kappa shape index (κ1) is 22.8. The van der Waals surface area contributed by atoms with Gasteiger partial charge in [-0.2, -0.15) is 0 Å². The number of hydrogen-bond acceptors (Lipinski definition) is 6. The number of phenolic OH excluding ortho intramolecular Hbond substituents is 1. The summed E-state index contributed by atoms with van der Waals surface area (Å²) >= 11 is 12.5. The number of methoxy groups -OCH3 is 1. The van der Waals surface area contributed by atoms with Gasteiger partial charge in [-0.15, -0.1) is 0 Å². The molecule has 0 saturated carbocycles. The van der Waals surface area contributed by atoms with Crippen LogP contribution in [-0.4, -0.2) is 49.8 Å². The lowest BCUT2D eigenvalue weighted by Crippen LogP contribution is -2.46. The molecule has 4 rings (SSSR count). The third-order valence-corrected chi connectivity index (χ3v) is 6.77. The van der Waals surface area contributed by atoms with Gasteiger partial charge in [-0.3, -0.25) is 9.69 Å². The Kier molecular flexibility index (Phi) is 7.13. The van der Waals surface area contributed by atoms with E-state index in [4.69, 9.17) is 32.4 Å². The number of benzene rings is 2. The van der Waals surface area contributed by atoms with E-state index in [0.717, 1.165) is 51.3 Å². The number of ether oxygens (including phenoxy) is 1. The minimum Gasteiger partial charge on any atom is -0.504 e. The molecule has 0 aliphatic carbocycles. The van der Waals surface area contributed by atoms with Crippen molar-refractivity contribution in [2.75, 3.05) is 44.7 Å². The Bertz CT molecular complexity index is 1160. The highest BCUT2D eigenvalue weighted by atomic mass is 35.5. The maximum Gasteiger partial charge on any atom is 0.195 e. The van der Waals surface area contributed by atoms with E-state index in [-0.39, 0.29) is 16.9 Å². The van der Waals surface area contributed by atoms with Crippen molar-refractivity contribution < 1.29 is 14.3 Å². The third kappa shape index (κ3) is 4.82. The second kappa shape index (κ2) is 10.0. The van der Waals surface area contributed by atoms with Crippen molar-refractivity contribution in [3.63, 3.8) is 0 Å². The molecule has 170 valence electrons. The number of hydrogen-bond donors (Lipinski definition) is 1. The molecular weight excluding hydrogens is 451 g/mol. The summed E-state index contributed by atoms with van der Waals surface area (Å²) in [5, 5.41) is 11.5. The second-order valence-electron chi connectivity index (χ2n) is 7.97. The Morgan fingerprint density at radius 1 is 1.12 bits per heavy atom. The van der Waals surface area contributed by atoms with E-state index in [1.165, 1.54) is 25.5 Å². The molecule has 0 spiro atoms. The average molecular weight is 477 g/mol. The summed E-state index contributed by atoms with van der Waals surface area (Å²) in [5.74, 6) is 0.216. The van der Waals surface area contributed by atoms with Crippen molar-refractivity contribution in [3.05, 3.63) is 62.4 Å². The maximum absolute atomic E-state index is 12.8. The molecule has 1 fully saturated rings. The minimum absolute atomic E-state index is 0.0476. The van der Waals surface area contributed by atoms with E-state index in [9.17, 15) is 9.90 Å². The number of nitrogens with zero attached hydrogens (tertiary/aromatic N) is 2. The van der Waals surface area contributed by atoms with Crippen molar-refractivity contribution in [1.82, 2.24) is 4.90 Å². The first-order valence-corrected chi connectivity index (χ1v) is 11.5. The first-order valence-electron chi connectivity index (χ1n) is 10.7. The Labute approximate surface area is 196 Å². The highest BCUT2D eigenvalue weighted by molar-refractivity contribution is 6.43. The Balaban J connectivity index is 1.28. The van der Waals surface area contributed by atoms with E-state index >= 15 is 0 Å². The lowest BCUT2D eigenvalue weighted by Gasteiger charge is -2.36. The Morgan fingerprint density at radius 3 is 2.66 bits per heavy atom. The summed E-state index contributed by atoms with van der Waals surface area (Å²) < 4.78 is 10.7. The van der Waals surface area contributed by atoms with Gasteiger partial charge in [0.05, 0.1) is 34.5 Å². The summed E-state index contributed by atoms with van der Waals surface area (Å²) in [6.45, 7) is 4.72. The number of halogens is 2. The van der Waals surface area contributed by atoms with Crippen LogP contribution in [0.2, 0.25) is 10.0 Å². The van der Waals surface area contributed by atoms with Crippen LogP contribution in [0.4, 0.5) is 5.69 Å². The molecule has 0 amide bonds. The molecule has 3 aromatic rings. The van der Waals surface area contributed by atoms with Crippen LogP contribution in [0.25, 0.3) is 11.0 Å². The van der Waals surface area contributed by atoms with Crippen molar-refractivity contribution >= 4 is 39.9 Å². The normalized spacial score (nSPS) is 14.8. The molecule has 1 saturated heterocycles. The van der Waals surface area contributed by atoms with Crippen LogP contribution in [0, 0.1) is 0 Å². The van der Waals surface area contributed by atoms with Crippen molar-refractivity contribution in [2.45, 2.75) is 19.3 Å². The predicted molar refractivity (Wildman–Crippen MR) is 129 cm³/mol. The number of anilines is 1. The number of piperazine rings is 1. The van der Waals surface area contributed by atoms with Gasteiger partial charge in [0.2, 0.25) is 0 Å². The van der Waals surface area contributed by atoms with Gasteiger partial charge in [0.15, 0.2) is 16.9 Å². The van der Waals surface area contributed by atoms with E-state index in [1.807, 2.05) is 12.1 Å². The van der Waals surface area contributed by atoms with Crippen LogP contribution in [-0.2, 0) is 6.42 Å². The fraction of sp³-hybridized carbons (Fsp3) is 0.375. The number of unbranched alkanes of at least 4 members (excludes halogenated alkanes) is 1. The minimum atomic E-state index is -0.0726. The zero-order chi connectivity index (χ0) is 22.7. The second-order valence-corrected chi connectivity index (χ2v) is 8.75. The van der Waals surface area contributed by atoms with Crippen LogP contribution >= 0.6 is 23.2 Å². The SMILES string of the molecule is COc1cc2c(=O)c(CCCCN3CCN(c4cccc(Cl)c4Cl)CC3)coc2cc1O. The summed E-state index contributed by atoms with van der Waals surface area (Å²) in [5.41, 5.74) is 1.92. The molecule has 2 aromatic carbocycles. The van der Waals surface area contributed by atoms with Crippen LogP contribution in [0.3, 0.4) is 0 Å². The monoisotopic (exact) mass is 476 g/mol. The van der Waals surface area contributed by atoms with Gasteiger partial charge < -0.3 is 19.2 Å². The molecule has 1 N–H and O–H groups in total. The first-order chi connectivity index (χ1) is 15.5. The Morgan fingerprint density at radius 2 is 1.91 bits per heavy atom. The standard InChI is InChI=1S/C24H26Cl2N2O4/c1-31-22-13-17-21(14-20(22)29)32-15-16(24(17)30)5-2-3-8-27-9-11-28(12-10-27)19-7-4-6-18(25)23(19)26/h4,6-7,13-15,29H,2-3,5,8-12H2,1H3. The van der Waals surface area contributed by atoms with Gasteiger partial charge in [0.25, 0.3) is 0 Å². The highest BCUT2D eigenvalue weighted by Gasteiger charge is 2.19. The van der Waals surface area contributed by atoms with Gasteiger partial charge in [-0.25, -0.2) is 0 Å². The van der Waals surface area contributed by atoms with E-state index in [0.29, 0.717) is 33.0 Å². The molecule has 0 radical (unpaired) electrons. The zero-order valence-corrected chi connectivity index (χ0v) is 19.5. The van der Waals surface area contributed by atoms with Gasteiger partial charge in [-0.1, -0.05) is 29.3 Å². The largest absolute Gasteiger partial charge is 0.504 e. The number of fused-ring (bicyclic) bond motifs is 1. The molecule has 1 aliphatic heterocycles. The van der Waals surface area contributed by atoms with Crippen molar-refractivity contribution in [3.8, 4) is 11.5 Å². The van der Waals surface area contributed by atoms with Gasteiger partial charge in [0, 0.05) is 37.8 Å². The molecule has 8 heteroatoms. The Hall–Kier alpha value is -2.41. The predicted octanol–water partition coefficient (Wildman–Crippen LogP) is 4.96. The summed E-state index contributed by atoms with van der Waals surface area (Å²) in [7, 11) is 1.45. The number of aryl methyl sites for hydroxylation is 1. The highest BCUT2D eigenvalue weighted by Crippen LogP contribution is 2.33. The van der Waals surface area contributed by atoms with E-state index in [1.54, 1.807) is 6.07 Å². The van der Waals surface area contributed by atoms with Gasteiger partial charge >= 0.3 is 0 Å².